The van der Waals surface area contributed by atoms with Gasteiger partial charge >= 0.3 is 0 Å². The van der Waals surface area contributed by atoms with Crippen molar-refractivity contribution < 1.29 is 4.79 Å². The van der Waals surface area contributed by atoms with E-state index < -0.39 is 5.41 Å². The number of unbranched alkanes of at least 4 members (excludes halogenated alkanes) is 1. The third kappa shape index (κ3) is 4.16. The Morgan fingerprint density at radius 2 is 1.79 bits per heavy atom. The summed E-state index contributed by atoms with van der Waals surface area (Å²) in [7, 11) is 0. The summed E-state index contributed by atoms with van der Waals surface area (Å²) in [6.07, 6.45) is 4.42. The van der Waals surface area contributed by atoms with E-state index in [4.69, 9.17) is 18.0 Å². The fourth-order valence-electron chi connectivity index (χ4n) is 2.35. The van der Waals surface area contributed by atoms with Crippen molar-refractivity contribution in [3.63, 3.8) is 0 Å². The minimum Gasteiger partial charge on any atom is -0.392 e. The molecule has 0 saturated heterocycles. The van der Waals surface area contributed by atoms with Crippen molar-refractivity contribution in [1.82, 2.24) is 4.90 Å². The van der Waals surface area contributed by atoms with E-state index in [0.717, 1.165) is 25.8 Å². The van der Waals surface area contributed by atoms with Gasteiger partial charge in [0.2, 0.25) is 5.91 Å². The first-order valence-electron chi connectivity index (χ1n) is 7.52. The molecular formula is C15H30N2OS. The summed E-state index contributed by atoms with van der Waals surface area (Å²) in [5, 5.41) is 0. The first-order chi connectivity index (χ1) is 8.91. The Morgan fingerprint density at radius 1 is 1.26 bits per heavy atom. The third-order valence-electron chi connectivity index (χ3n) is 4.22. The molecule has 2 N–H and O–H groups in total. The topological polar surface area (TPSA) is 46.3 Å². The minimum absolute atomic E-state index is 0.118. The maximum Gasteiger partial charge on any atom is 0.235 e. The Bertz CT molecular complexity index is 301. The summed E-state index contributed by atoms with van der Waals surface area (Å²) >= 11 is 5.19. The van der Waals surface area contributed by atoms with Crippen LogP contribution in [-0.4, -0.2) is 28.4 Å². The molecule has 0 bridgehead atoms. The van der Waals surface area contributed by atoms with E-state index in [1.165, 1.54) is 0 Å². The van der Waals surface area contributed by atoms with Crippen LogP contribution in [0.2, 0.25) is 0 Å². The second-order valence-electron chi connectivity index (χ2n) is 5.26. The lowest BCUT2D eigenvalue weighted by Gasteiger charge is -2.38. The predicted molar refractivity (Wildman–Crippen MR) is 86.2 cm³/mol. The molecule has 0 aliphatic carbocycles. The summed E-state index contributed by atoms with van der Waals surface area (Å²) in [6, 6.07) is 0.242. The van der Waals surface area contributed by atoms with Crippen LogP contribution in [0.5, 0.6) is 0 Å². The smallest absolute Gasteiger partial charge is 0.235 e. The average Bonchev–Trinajstić information content (AvgIpc) is 2.40. The van der Waals surface area contributed by atoms with Crippen molar-refractivity contribution in [2.24, 2.45) is 11.1 Å². The van der Waals surface area contributed by atoms with Gasteiger partial charge in [-0.15, -0.1) is 0 Å². The summed E-state index contributed by atoms with van der Waals surface area (Å²) in [5.41, 5.74) is 5.23. The number of hydrogen-bond acceptors (Lipinski definition) is 2. The van der Waals surface area contributed by atoms with Crippen LogP contribution in [0.3, 0.4) is 0 Å². The Hall–Kier alpha value is -0.640. The van der Waals surface area contributed by atoms with Crippen LogP contribution >= 0.6 is 12.2 Å². The molecule has 0 aromatic heterocycles. The van der Waals surface area contributed by atoms with E-state index in [1.807, 2.05) is 18.7 Å². The Kier molecular flexibility index (Phi) is 8.23. The van der Waals surface area contributed by atoms with E-state index >= 15 is 0 Å². The lowest BCUT2D eigenvalue weighted by molar-refractivity contribution is -0.141. The van der Waals surface area contributed by atoms with E-state index in [9.17, 15) is 4.79 Å². The van der Waals surface area contributed by atoms with Crippen LogP contribution in [0.4, 0.5) is 0 Å². The summed E-state index contributed by atoms with van der Waals surface area (Å²) in [6.45, 7) is 11.1. The molecule has 4 heteroatoms. The third-order valence-corrected chi connectivity index (χ3v) is 4.62. The molecular weight excluding hydrogens is 256 g/mol. The highest BCUT2D eigenvalue weighted by atomic mass is 32.1. The van der Waals surface area contributed by atoms with Crippen LogP contribution in [0.25, 0.3) is 0 Å². The summed E-state index contributed by atoms with van der Waals surface area (Å²) in [5.74, 6) is 0.118. The van der Waals surface area contributed by atoms with Gasteiger partial charge in [0, 0.05) is 12.6 Å². The molecule has 1 amide bonds. The standard InChI is InChI=1S/C15H30N2OS/c1-6-10-11-17(12(5)7-2)14(18)15(8-3,9-4)13(16)19/h12H,6-11H2,1-5H3,(H2,16,19). The first-order valence-corrected chi connectivity index (χ1v) is 7.92. The van der Waals surface area contributed by atoms with Gasteiger partial charge < -0.3 is 10.6 Å². The fraction of sp³-hybridized carbons (Fsp3) is 0.867. The number of carbonyl (C=O) groups is 1. The van der Waals surface area contributed by atoms with E-state index in [0.29, 0.717) is 17.8 Å². The van der Waals surface area contributed by atoms with E-state index in [1.54, 1.807) is 0 Å². The van der Waals surface area contributed by atoms with Crippen LogP contribution < -0.4 is 5.73 Å². The van der Waals surface area contributed by atoms with Gasteiger partial charge in [-0.05, 0) is 32.6 Å². The van der Waals surface area contributed by atoms with Gasteiger partial charge in [0.1, 0.15) is 0 Å². The predicted octanol–water partition coefficient (Wildman–Crippen LogP) is 3.51. The van der Waals surface area contributed by atoms with Crippen molar-refractivity contribution in [2.75, 3.05) is 6.54 Å². The van der Waals surface area contributed by atoms with Gasteiger partial charge in [0.05, 0.1) is 10.4 Å². The lowest BCUT2D eigenvalue weighted by Crippen LogP contribution is -2.52. The number of nitrogens with two attached hydrogens (primary N) is 1. The molecule has 0 spiro atoms. The molecule has 3 nitrogen and oxygen atoms in total. The highest BCUT2D eigenvalue weighted by Gasteiger charge is 2.41. The molecule has 0 aliphatic heterocycles. The molecule has 0 aliphatic rings. The van der Waals surface area contributed by atoms with Gasteiger partial charge in [-0.3, -0.25) is 4.79 Å². The Morgan fingerprint density at radius 3 is 2.11 bits per heavy atom. The van der Waals surface area contributed by atoms with Crippen molar-refractivity contribution in [3.8, 4) is 0 Å². The van der Waals surface area contributed by atoms with E-state index in [2.05, 4.69) is 20.8 Å². The maximum atomic E-state index is 12.9. The largest absolute Gasteiger partial charge is 0.392 e. The molecule has 0 fully saturated rings. The maximum absolute atomic E-state index is 12.9. The molecule has 0 rings (SSSR count). The molecule has 0 radical (unpaired) electrons. The molecule has 112 valence electrons. The monoisotopic (exact) mass is 286 g/mol. The van der Waals surface area contributed by atoms with Crippen LogP contribution in [0.1, 0.15) is 66.7 Å². The summed E-state index contributed by atoms with van der Waals surface area (Å²) in [4.78, 5) is 15.3. The van der Waals surface area contributed by atoms with Crippen LogP contribution in [0.15, 0.2) is 0 Å². The number of carbonyl (C=O) groups excluding carboxylic acids is 1. The van der Waals surface area contributed by atoms with E-state index in [-0.39, 0.29) is 11.9 Å². The van der Waals surface area contributed by atoms with Gasteiger partial charge in [-0.2, -0.15) is 0 Å². The highest BCUT2D eigenvalue weighted by molar-refractivity contribution is 7.80. The van der Waals surface area contributed by atoms with Crippen molar-refractivity contribution in [1.29, 1.82) is 0 Å². The highest BCUT2D eigenvalue weighted by Crippen LogP contribution is 2.31. The molecule has 0 aromatic carbocycles. The fourth-order valence-corrected chi connectivity index (χ4v) is 2.73. The number of hydrogen-bond donors (Lipinski definition) is 1. The number of amides is 1. The summed E-state index contributed by atoms with van der Waals surface area (Å²) < 4.78 is 0. The number of rotatable bonds is 9. The molecule has 0 saturated carbocycles. The second kappa shape index (κ2) is 8.51. The zero-order valence-corrected chi connectivity index (χ0v) is 14.0. The quantitative estimate of drug-likeness (QED) is 0.660. The van der Waals surface area contributed by atoms with Crippen molar-refractivity contribution in [3.05, 3.63) is 0 Å². The van der Waals surface area contributed by atoms with Crippen LogP contribution in [-0.2, 0) is 4.79 Å². The zero-order valence-electron chi connectivity index (χ0n) is 13.2. The molecule has 1 unspecified atom stereocenters. The SMILES string of the molecule is CCCCN(C(=O)C(CC)(CC)C(N)=S)C(C)CC. The van der Waals surface area contributed by atoms with Crippen molar-refractivity contribution >= 4 is 23.1 Å². The number of thiocarbonyl (C=S) groups is 1. The zero-order chi connectivity index (χ0) is 15.1. The normalized spacial score (nSPS) is 13.1. The minimum atomic E-state index is -0.660. The van der Waals surface area contributed by atoms with Crippen LogP contribution in [0, 0.1) is 5.41 Å². The van der Waals surface area contributed by atoms with Gasteiger partial charge in [-0.1, -0.05) is 46.3 Å². The molecule has 1 atom stereocenters. The average molecular weight is 286 g/mol. The lowest BCUT2D eigenvalue weighted by atomic mass is 9.80. The molecule has 19 heavy (non-hydrogen) atoms. The Labute approximate surface area is 123 Å². The second-order valence-corrected chi connectivity index (χ2v) is 5.70. The van der Waals surface area contributed by atoms with Gasteiger partial charge in [-0.25, -0.2) is 0 Å². The van der Waals surface area contributed by atoms with Gasteiger partial charge in [0.25, 0.3) is 0 Å². The first kappa shape index (κ1) is 18.4. The van der Waals surface area contributed by atoms with Crippen molar-refractivity contribution in [2.45, 2.75) is 72.8 Å². The number of nitrogens with zero attached hydrogens (tertiary/aromatic N) is 1. The molecule has 0 aromatic rings. The van der Waals surface area contributed by atoms with Gasteiger partial charge in [0.15, 0.2) is 0 Å². The molecule has 0 heterocycles. The Balaban J connectivity index is 5.29.